The molecule has 0 spiro atoms. The zero-order chi connectivity index (χ0) is 19.8. The molecule has 1 unspecified atom stereocenters. The van der Waals surface area contributed by atoms with E-state index >= 15 is 0 Å². The lowest BCUT2D eigenvalue weighted by Gasteiger charge is -2.32. The molecule has 0 radical (unpaired) electrons. The molecule has 1 atom stereocenters. The molecular weight excluding hydrogens is 358 g/mol. The fourth-order valence-electron chi connectivity index (χ4n) is 3.97. The molecule has 0 saturated heterocycles. The number of hydrogen-bond donors (Lipinski definition) is 1. The van der Waals surface area contributed by atoms with Gasteiger partial charge in [-0.3, -0.25) is 18.7 Å². The Labute approximate surface area is 161 Å². The molecular formula is C21H21N3O4. The number of nitrogens with zero attached hydrogens (tertiary/aromatic N) is 3. The molecule has 144 valence electrons. The normalized spacial score (nSPS) is 16.2. The van der Waals surface area contributed by atoms with Crippen molar-refractivity contribution in [3.63, 3.8) is 0 Å². The van der Waals surface area contributed by atoms with Gasteiger partial charge in [0.15, 0.2) is 0 Å². The van der Waals surface area contributed by atoms with Crippen molar-refractivity contribution in [2.45, 2.75) is 32.5 Å². The minimum absolute atomic E-state index is 0.104. The lowest BCUT2D eigenvalue weighted by atomic mass is 9.90. The Morgan fingerprint density at radius 3 is 2.36 bits per heavy atom. The molecule has 1 N–H and O–H groups in total. The first kappa shape index (κ1) is 18.0. The van der Waals surface area contributed by atoms with Crippen LogP contribution in [-0.2, 0) is 29.2 Å². The number of aliphatic carboxylic acids is 1. The molecule has 7 heteroatoms. The summed E-state index contributed by atoms with van der Waals surface area (Å²) in [5.41, 5.74) is 2.84. The molecule has 4 rings (SSSR count). The van der Waals surface area contributed by atoms with Crippen LogP contribution in [-0.4, -0.2) is 37.6 Å². The van der Waals surface area contributed by atoms with Crippen molar-refractivity contribution in [3.8, 4) is 0 Å². The second-order valence-electron chi connectivity index (χ2n) is 6.97. The van der Waals surface area contributed by atoms with Crippen LogP contribution in [0.4, 0.5) is 0 Å². The van der Waals surface area contributed by atoms with Crippen LogP contribution in [0.3, 0.4) is 0 Å². The van der Waals surface area contributed by atoms with Gasteiger partial charge in [0, 0.05) is 19.6 Å². The Balaban J connectivity index is 1.67. The first-order chi connectivity index (χ1) is 13.5. The smallest absolute Gasteiger partial charge is 0.329 e. The van der Waals surface area contributed by atoms with E-state index in [-0.39, 0.29) is 24.7 Å². The predicted octanol–water partition coefficient (Wildman–Crippen LogP) is 2.03. The summed E-state index contributed by atoms with van der Waals surface area (Å²) in [5.74, 6) is -1.98. The van der Waals surface area contributed by atoms with Gasteiger partial charge in [0.1, 0.15) is 6.54 Å². The fourth-order valence-corrected chi connectivity index (χ4v) is 3.97. The van der Waals surface area contributed by atoms with E-state index < -0.39 is 11.9 Å². The number of imidazole rings is 1. The van der Waals surface area contributed by atoms with Gasteiger partial charge >= 0.3 is 11.7 Å². The first-order valence-corrected chi connectivity index (χ1v) is 9.27. The van der Waals surface area contributed by atoms with Crippen LogP contribution in [0.2, 0.25) is 0 Å². The number of carbonyl (C=O) groups is 2. The molecule has 0 aliphatic carbocycles. The van der Waals surface area contributed by atoms with Gasteiger partial charge in [0.25, 0.3) is 0 Å². The number of fused-ring (bicyclic) bond motifs is 2. The number of aryl methyl sites for hydroxylation is 1. The average Bonchev–Trinajstić information content (AvgIpc) is 2.98. The molecule has 0 saturated carbocycles. The van der Waals surface area contributed by atoms with E-state index in [1.807, 2.05) is 49.4 Å². The van der Waals surface area contributed by atoms with Gasteiger partial charge in [-0.1, -0.05) is 36.4 Å². The standard InChI is InChI=1S/C21H21N3O4/c1-2-23-17-9-5-6-10-18(17)24(21(23)28)13-19(25)22-11-14-7-3-4-8-15(14)16(12-22)20(26)27/h3-10,16H,2,11-13H2,1H3,(H,26,27). The zero-order valence-electron chi connectivity index (χ0n) is 15.5. The van der Waals surface area contributed by atoms with Crippen molar-refractivity contribution < 1.29 is 14.7 Å². The zero-order valence-corrected chi connectivity index (χ0v) is 15.5. The summed E-state index contributed by atoms with van der Waals surface area (Å²) in [7, 11) is 0. The van der Waals surface area contributed by atoms with Crippen molar-refractivity contribution in [2.75, 3.05) is 6.54 Å². The molecule has 2 aromatic carbocycles. The topological polar surface area (TPSA) is 84.5 Å². The van der Waals surface area contributed by atoms with Gasteiger partial charge < -0.3 is 10.0 Å². The summed E-state index contributed by atoms with van der Waals surface area (Å²) < 4.78 is 3.10. The molecule has 1 aliphatic rings. The van der Waals surface area contributed by atoms with E-state index in [4.69, 9.17) is 0 Å². The Morgan fingerprint density at radius 1 is 1.04 bits per heavy atom. The molecule has 0 bridgehead atoms. The monoisotopic (exact) mass is 379 g/mol. The van der Waals surface area contributed by atoms with E-state index in [1.165, 1.54) is 9.47 Å². The van der Waals surface area contributed by atoms with Crippen LogP contribution in [0.25, 0.3) is 11.0 Å². The highest BCUT2D eigenvalue weighted by atomic mass is 16.4. The number of aromatic nitrogens is 2. The number of para-hydroxylation sites is 2. The van der Waals surface area contributed by atoms with Crippen molar-refractivity contribution in [2.24, 2.45) is 0 Å². The number of rotatable bonds is 4. The highest BCUT2D eigenvalue weighted by molar-refractivity contribution is 5.83. The van der Waals surface area contributed by atoms with Crippen LogP contribution < -0.4 is 5.69 Å². The summed E-state index contributed by atoms with van der Waals surface area (Å²) in [6.45, 7) is 2.74. The number of carboxylic acids is 1. The Morgan fingerprint density at radius 2 is 1.68 bits per heavy atom. The maximum Gasteiger partial charge on any atom is 0.329 e. The highest BCUT2D eigenvalue weighted by Gasteiger charge is 2.32. The van der Waals surface area contributed by atoms with Crippen LogP contribution >= 0.6 is 0 Å². The predicted molar refractivity (Wildman–Crippen MR) is 104 cm³/mol. The van der Waals surface area contributed by atoms with Crippen LogP contribution in [0.5, 0.6) is 0 Å². The lowest BCUT2D eigenvalue weighted by Crippen LogP contribution is -2.43. The van der Waals surface area contributed by atoms with E-state index in [1.54, 1.807) is 10.6 Å². The molecule has 0 fully saturated rings. The van der Waals surface area contributed by atoms with Crippen LogP contribution in [0.15, 0.2) is 53.3 Å². The molecule has 7 nitrogen and oxygen atoms in total. The van der Waals surface area contributed by atoms with Gasteiger partial charge in [0.2, 0.25) is 5.91 Å². The molecule has 2 heterocycles. The number of benzene rings is 2. The van der Waals surface area contributed by atoms with Gasteiger partial charge in [-0.25, -0.2) is 4.79 Å². The molecule has 1 aromatic heterocycles. The van der Waals surface area contributed by atoms with E-state index in [0.717, 1.165) is 16.6 Å². The van der Waals surface area contributed by atoms with Crippen molar-refractivity contribution >= 4 is 22.9 Å². The minimum Gasteiger partial charge on any atom is -0.481 e. The first-order valence-electron chi connectivity index (χ1n) is 9.27. The Hall–Kier alpha value is -3.35. The Bertz CT molecular complexity index is 1130. The third-order valence-electron chi connectivity index (χ3n) is 5.38. The summed E-state index contributed by atoms with van der Waals surface area (Å²) >= 11 is 0. The van der Waals surface area contributed by atoms with Gasteiger partial charge in [0.05, 0.1) is 17.0 Å². The lowest BCUT2D eigenvalue weighted by molar-refractivity contribution is -0.141. The third-order valence-corrected chi connectivity index (χ3v) is 5.38. The number of amides is 1. The molecule has 1 aliphatic heterocycles. The molecule has 3 aromatic rings. The summed E-state index contributed by atoms with van der Waals surface area (Å²) in [6, 6.07) is 14.7. The Kier molecular flexibility index (Phi) is 4.50. The maximum absolute atomic E-state index is 13.0. The third kappa shape index (κ3) is 2.89. The number of carbonyl (C=O) groups excluding carboxylic acids is 1. The fraction of sp³-hybridized carbons (Fsp3) is 0.286. The summed E-state index contributed by atoms with van der Waals surface area (Å²) in [5, 5.41) is 9.60. The van der Waals surface area contributed by atoms with Crippen LogP contribution in [0.1, 0.15) is 24.0 Å². The van der Waals surface area contributed by atoms with E-state index in [9.17, 15) is 19.5 Å². The van der Waals surface area contributed by atoms with Crippen LogP contribution in [0, 0.1) is 0 Å². The molecule has 1 amide bonds. The van der Waals surface area contributed by atoms with Gasteiger partial charge in [-0.05, 0) is 30.2 Å². The van der Waals surface area contributed by atoms with Crippen molar-refractivity contribution in [1.82, 2.24) is 14.0 Å². The van der Waals surface area contributed by atoms with Crippen molar-refractivity contribution in [1.29, 1.82) is 0 Å². The molecule has 28 heavy (non-hydrogen) atoms. The summed E-state index contributed by atoms with van der Waals surface area (Å²) in [4.78, 5) is 39.0. The second-order valence-corrected chi connectivity index (χ2v) is 6.97. The number of hydrogen-bond acceptors (Lipinski definition) is 3. The number of carboxylic acid groups (broad SMARTS) is 1. The second kappa shape index (κ2) is 6.99. The summed E-state index contributed by atoms with van der Waals surface area (Å²) in [6.07, 6.45) is 0. The van der Waals surface area contributed by atoms with Gasteiger partial charge in [-0.2, -0.15) is 0 Å². The average molecular weight is 379 g/mol. The SMILES string of the molecule is CCn1c(=O)n(CC(=O)N2Cc3ccccc3C(C(=O)O)C2)c2ccccc21. The van der Waals surface area contributed by atoms with Gasteiger partial charge in [-0.15, -0.1) is 0 Å². The maximum atomic E-state index is 13.0. The minimum atomic E-state index is -0.954. The largest absolute Gasteiger partial charge is 0.481 e. The van der Waals surface area contributed by atoms with Crippen molar-refractivity contribution in [3.05, 3.63) is 70.1 Å². The quantitative estimate of drug-likeness (QED) is 0.752. The highest BCUT2D eigenvalue weighted by Crippen LogP contribution is 2.28. The van der Waals surface area contributed by atoms with E-state index in [2.05, 4.69) is 0 Å². The van der Waals surface area contributed by atoms with E-state index in [0.29, 0.717) is 18.6 Å².